The maximum atomic E-state index is 13.5. The zero-order valence-electron chi connectivity index (χ0n) is 20.2. The summed E-state index contributed by atoms with van der Waals surface area (Å²) >= 11 is 0. The van der Waals surface area contributed by atoms with Crippen LogP contribution in [0, 0.1) is 5.92 Å². The minimum atomic E-state index is -4.61. The van der Waals surface area contributed by atoms with Gasteiger partial charge in [-0.3, -0.25) is 4.90 Å². The summed E-state index contributed by atoms with van der Waals surface area (Å²) in [7, 11) is 1.45. The summed E-state index contributed by atoms with van der Waals surface area (Å²) < 4.78 is 89.4. The average molecular weight is 515 g/mol. The second kappa shape index (κ2) is 10.4. The van der Waals surface area contributed by atoms with E-state index >= 15 is 0 Å². The Balaban J connectivity index is 1.97. The van der Waals surface area contributed by atoms with Crippen molar-refractivity contribution >= 4 is 6.09 Å². The number of methoxy groups -OCH3 is 1. The maximum Gasteiger partial charge on any atom is 0.416 e. The quantitative estimate of drug-likeness (QED) is 0.282. The summed E-state index contributed by atoms with van der Waals surface area (Å²) in [5.74, 6) is -1.14. The van der Waals surface area contributed by atoms with Crippen LogP contribution in [0.1, 0.15) is 43.4 Å². The molecule has 2 atom stereocenters. The third-order valence-electron chi connectivity index (χ3n) is 6.02. The third-order valence-corrected chi connectivity index (χ3v) is 6.02. The summed E-state index contributed by atoms with van der Waals surface area (Å²) in [6, 6.07) is 8.71. The number of rotatable bonds is 7. The number of benzene rings is 2. The van der Waals surface area contributed by atoms with Crippen molar-refractivity contribution in [3.8, 4) is 16.9 Å². The van der Waals surface area contributed by atoms with Crippen LogP contribution in [0.5, 0.6) is 5.75 Å². The molecule has 1 fully saturated rings. The van der Waals surface area contributed by atoms with Gasteiger partial charge in [-0.2, -0.15) is 26.3 Å². The molecule has 1 aliphatic rings. The highest BCUT2D eigenvalue weighted by Crippen LogP contribution is 2.39. The number of carbonyl (C=O) groups is 1. The molecular formula is C26H27F6NO3. The van der Waals surface area contributed by atoms with Crippen LogP contribution in [-0.2, 0) is 17.5 Å². The van der Waals surface area contributed by atoms with Crippen molar-refractivity contribution < 1.29 is 40.6 Å². The van der Waals surface area contributed by atoms with Crippen LogP contribution in [0.4, 0.5) is 31.1 Å². The van der Waals surface area contributed by atoms with Crippen molar-refractivity contribution in [2.75, 3.05) is 13.7 Å². The second-order valence-electron chi connectivity index (χ2n) is 9.00. The summed E-state index contributed by atoms with van der Waals surface area (Å²) in [6.07, 6.45) is -8.76. The van der Waals surface area contributed by atoms with Gasteiger partial charge in [0.05, 0.1) is 25.1 Å². The van der Waals surface area contributed by atoms with E-state index in [1.54, 1.807) is 6.07 Å². The SMILES string of the molecule is COc1ccc(C(C)C)cc1-c1ccc(C(F)(F)F)cc1CN1CC(/C=C/C(C)C(F)(F)F)OC1=O. The molecular weight excluding hydrogens is 488 g/mol. The van der Waals surface area contributed by atoms with Gasteiger partial charge in [0.25, 0.3) is 0 Å². The fraction of sp³-hybridized carbons (Fsp3) is 0.423. The molecule has 4 nitrogen and oxygen atoms in total. The van der Waals surface area contributed by atoms with Crippen LogP contribution in [0.15, 0.2) is 48.6 Å². The van der Waals surface area contributed by atoms with Gasteiger partial charge in [-0.25, -0.2) is 4.79 Å². The van der Waals surface area contributed by atoms with E-state index in [1.807, 2.05) is 26.0 Å². The number of hydrogen-bond donors (Lipinski definition) is 0. The summed E-state index contributed by atoms with van der Waals surface area (Å²) in [5.41, 5.74) is 1.27. The number of allylic oxidation sites excluding steroid dienone is 1. The average Bonchev–Trinajstić information content (AvgIpc) is 3.14. The third kappa shape index (κ3) is 6.33. The first kappa shape index (κ1) is 27.4. The molecule has 2 unspecified atom stereocenters. The van der Waals surface area contributed by atoms with Crippen molar-refractivity contribution in [2.45, 2.75) is 51.7 Å². The van der Waals surface area contributed by atoms with Crippen LogP contribution in [0.25, 0.3) is 11.1 Å². The minimum absolute atomic E-state index is 0.0984. The molecule has 2 aromatic rings. The van der Waals surface area contributed by atoms with E-state index in [0.29, 0.717) is 16.9 Å². The van der Waals surface area contributed by atoms with Gasteiger partial charge in [-0.05, 0) is 52.9 Å². The first-order valence-electron chi connectivity index (χ1n) is 11.3. The standard InChI is InChI=1S/C26H27F6NO3/c1-15(2)17-6-10-23(35-4)22(12-17)21-9-7-19(26(30,31)32)11-18(21)13-33-14-20(36-24(33)34)8-5-16(3)25(27,28)29/h5-12,15-16,20H,13-14H2,1-4H3/b8-5+. The molecule has 1 aliphatic heterocycles. The Morgan fingerprint density at radius 2 is 1.75 bits per heavy atom. The lowest BCUT2D eigenvalue weighted by atomic mass is 9.92. The summed E-state index contributed by atoms with van der Waals surface area (Å²) in [5, 5.41) is 0. The Bertz CT molecular complexity index is 1120. The predicted molar refractivity (Wildman–Crippen MR) is 123 cm³/mol. The number of nitrogens with zero attached hydrogens (tertiary/aromatic N) is 1. The number of halogens is 6. The molecule has 36 heavy (non-hydrogen) atoms. The smallest absolute Gasteiger partial charge is 0.416 e. The number of amides is 1. The van der Waals surface area contributed by atoms with E-state index in [9.17, 15) is 31.1 Å². The fourth-order valence-corrected chi connectivity index (χ4v) is 3.83. The lowest BCUT2D eigenvalue weighted by Crippen LogP contribution is -2.25. The number of cyclic esters (lactones) is 1. The summed E-state index contributed by atoms with van der Waals surface area (Å²) in [4.78, 5) is 13.6. The molecule has 2 aromatic carbocycles. The zero-order valence-corrected chi connectivity index (χ0v) is 20.2. The van der Waals surface area contributed by atoms with E-state index in [-0.39, 0.29) is 24.6 Å². The largest absolute Gasteiger partial charge is 0.496 e. The maximum absolute atomic E-state index is 13.5. The van der Waals surface area contributed by atoms with Crippen molar-refractivity contribution in [1.29, 1.82) is 0 Å². The molecule has 0 radical (unpaired) electrons. The van der Waals surface area contributed by atoms with Crippen LogP contribution >= 0.6 is 0 Å². The monoisotopic (exact) mass is 515 g/mol. The molecule has 0 saturated carbocycles. The van der Waals surface area contributed by atoms with Crippen molar-refractivity contribution in [3.63, 3.8) is 0 Å². The van der Waals surface area contributed by atoms with E-state index in [4.69, 9.17) is 9.47 Å². The van der Waals surface area contributed by atoms with Crippen LogP contribution in [-0.4, -0.2) is 36.9 Å². The molecule has 0 N–H and O–H groups in total. The van der Waals surface area contributed by atoms with Crippen molar-refractivity contribution in [2.24, 2.45) is 5.92 Å². The van der Waals surface area contributed by atoms with Gasteiger partial charge in [0.15, 0.2) is 0 Å². The topological polar surface area (TPSA) is 38.8 Å². The minimum Gasteiger partial charge on any atom is -0.496 e. The number of carbonyl (C=O) groups excluding carboxylic acids is 1. The van der Waals surface area contributed by atoms with Gasteiger partial charge in [0.1, 0.15) is 11.9 Å². The van der Waals surface area contributed by atoms with Crippen molar-refractivity contribution in [1.82, 2.24) is 4.90 Å². The molecule has 3 rings (SSSR count). The van der Waals surface area contributed by atoms with E-state index in [1.165, 1.54) is 18.1 Å². The summed E-state index contributed by atoms with van der Waals surface area (Å²) in [6.45, 7) is 4.60. The van der Waals surface area contributed by atoms with Gasteiger partial charge in [-0.15, -0.1) is 0 Å². The Morgan fingerprint density at radius 1 is 1.06 bits per heavy atom. The number of hydrogen-bond acceptors (Lipinski definition) is 3. The normalized spacial score (nSPS) is 17.7. The molecule has 0 bridgehead atoms. The lowest BCUT2D eigenvalue weighted by Gasteiger charge is -2.20. The Kier molecular flexibility index (Phi) is 7.95. The van der Waals surface area contributed by atoms with Gasteiger partial charge in [-0.1, -0.05) is 39.0 Å². The molecule has 1 saturated heterocycles. The van der Waals surface area contributed by atoms with Crippen LogP contribution in [0.2, 0.25) is 0 Å². The van der Waals surface area contributed by atoms with Gasteiger partial charge >= 0.3 is 18.4 Å². The van der Waals surface area contributed by atoms with Gasteiger partial charge in [0.2, 0.25) is 0 Å². The molecule has 0 aliphatic carbocycles. The predicted octanol–water partition coefficient (Wildman–Crippen LogP) is 7.58. The lowest BCUT2D eigenvalue weighted by molar-refractivity contribution is -0.156. The highest BCUT2D eigenvalue weighted by atomic mass is 19.4. The number of alkyl halides is 6. The first-order valence-corrected chi connectivity index (χ1v) is 11.3. The Hall–Kier alpha value is -3.17. The highest BCUT2D eigenvalue weighted by molar-refractivity contribution is 5.76. The van der Waals surface area contributed by atoms with Gasteiger partial charge < -0.3 is 9.47 Å². The van der Waals surface area contributed by atoms with Crippen molar-refractivity contribution in [3.05, 3.63) is 65.2 Å². The molecule has 1 heterocycles. The molecule has 1 amide bonds. The Labute approximate surface area is 205 Å². The fourth-order valence-electron chi connectivity index (χ4n) is 3.83. The van der Waals surface area contributed by atoms with E-state index < -0.39 is 36.0 Å². The van der Waals surface area contributed by atoms with E-state index in [2.05, 4.69) is 0 Å². The highest BCUT2D eigenvalue weighted by Gasteiger charge is 2.36. The second-order valence-corrected chi connectivity index (χ2v) is 9.00. The number of ether oxygens (including phenoxy) is 2. The molecule has 196 valence electrons. The van der Waals surface area contributed by atoms with Crippen LogP contribution in [0.3, 0.4) is 0 Å². The molecule has 0 aromatic heterocycles. The van der Waals surface area contributed by atoms with E-state index in [0.717, 1.165) is 36.8 Å². The molecule has 0 spiro atoms. The Morgan fingerprint density at radius 3 is 2.33 bits per heavy atom. The first-order chi connectivity index (χ1) is 16.7. The molecule has 10 heteroatoms. The zero-order chi connectivity index (χ0) is 26.8. The van der Waals surface area contributed by atoms with Crippen LogP contribution < -0.4 is 4.74 Å². The van der Waals surface area contributed by atoms with Gasteiger partial charge in [0, 0.05) is 12.1 Å².